The number of hydrogen-bond acceptors (Lipinski definition) is 4. The fraction of sp³-hybridized carbons (Fsp3) is 0.455. The zero-order valence-corrected chi connectivity index (χ0v) is 10.6. The molecule has 6 heteroatoms. The quantitative estimate of drug-likeness (QED) is 0.794. The van der Waals surface area contributed by atoms with Crippen molar-refractivity contribution in [3.05, 3.63) is 23.0 Å². The van der Waals surface area contributed by atoms with Crippen LogP contribution in [0.4, 0.5) is 5.69 Å². The first-order valence-corrected chi connectivity index (χ1v) is 5.64. The van der Waals surface area contributed by atoms with Gasteiger partial charge in [-0.15, -0.1) is 0 Å². The van der Waals surface area contributed by atoms with Gasteiger partial charge in [-0.1, -0.05) is 11.6 Å². The molecule has 0 radical (unpaired) electrons. The molecule has 94 valence electrons. The van der Waals surface area contributed by atoms with Crippen molar-refractivity contribution in [1.29, 1.82) is 0 Å². The number of aliphatic hydroxyl groups excluding tert-OH is 1. The van der Waals surface area contributed by atoms with Crippen LogP contribution < -0.4 is 5.73 Å². The van der Waals surface area contributed by atoms with E-state index < -0.39 is 6.10 Å². The van der Waals surface area contributed by atoms with E-state index in [1.165, 1.54) is 17.2 Å². The van der Waals surface area contributed by atoms with Gasteiger partial charge in [0.05, 0.1) is 23.6 Å². The molecular weight excluding hydrogens is 242 g/mol. The Morgan fingerprint density at radius 1 is 1.71 bits per heavy atom. The average Bonchev–Trinajstić information content (AvgIpc) is 2.28. The number of anilines is 1. The molecule has 1 unspecified atom stereocenters. The molecule has 1 heterocycles. The van der Waals surface area contributed by atoms with E-state index in [1.54, 1.807) is 14.0 Å². The molecule has 0 aliphatic carbocycles. The van der Waals surface area contributed by atoms with E-state index in [4.69, 9.17) is 22.4 Å². The molecule has 0 aliphatic heterocycles. The third kappa shape index (κ3) is 3.87. The van der Waals surface area contributed by atoms with Crippen molar-refractivity contribution < 1.29 is 9.90 Å². The van der Waals surface area contributed by atoms with Crippen LogP contribution in [0.15, 0.2) is 12.3 Å². The molecule has 1 atom stereocenters. The summed E-state index contributed by atoms with van der Waals surface area (Å²) in [5.41, 5.74) is 6.29. The van der Waals surface area contributed by atoms with Crippen LogP contribution in [0, 0.1) is 0 Å². The van der Waals surface area contributed by atoms with E-state index in [1.807, 2.05) is 0 Å². The molecular formula is C11H16ClN3O2. The highest BCUT2D eigenvalue weighted by Crippen LogP contribution is 2.16. The van der Waals surface area contributed by atoms with Crippen LogP contribution in [-0.2, 0) is 0 Å². The Kier molecular flexibility index (Phi) is 4.72. The van der Waals surface area contributed by atoms with Crippen LogP contribution in [0.1, 0.15) is 23.7 Å². The maximum Gasteiger partial charge on any atom is 0.255 e. The Labute approximate surface area is 105 Å². The summed E-state index contributed by atoms with van der Waals surface area (Å²) in [5.74, 6) is -0.229. The number of carbonyl (C=O) groups is 1. The molecule has 0 saturated heterocycles. The van der Waals surface area contributed by atoms with Crippen LogP contribution in [-0.4, -0.2) is 40.6 Å². The normalized spacial score (nSPS) is 12.2. The molecule has 17 heavy (non-hydrogen) atoms. The predicted molar refractivity (Wildman–Crippen MR) is 66.9 cm³/mol. The molecule has 1 aromatic heterocycles. The van der Waals surface area contributed by atoms with Crippen LogP contribution >= 0.6 is 11.6 Å². The number of nitrogen functional groups attached to an aromatic ring is 1. The molecule has 0 aromatic carbocycles. The minimum absolute atomic E-state index is 0.228. The van der Waals surface area contributed by atoms with Crippen molar-refractivity contribution in [2.45, 2.75) is 19.4 Å². The van der Waals surface area contributed by atoms with Crippen LogP contribution in [0.3, 0.4) is 0 Å². The van der Waals surface area contributed by atoms with E-state index in [2.05, 4.69) is 4.98 Å². The summed E-state index contributed by atoms with van der Waals surface area (Å²) < 4.78 is 0. The molecule has 0 spiro atoms. The summed E-state index contributed by atoms with van der Waals surface area (Å²) in [5, 5.41) is 9.39. The first-order chi connectivity index (χ1) is 7.91. The van der Waals surface area contributed by atoms with Gasteiger partial charge in [0.25, 0.3) is 5.91 Å². The number of nitrogens with zero attached hydrogens (tertiary/aromatic N) is 2. The molecule has 1 amide bonds. The van der Waals surface area contributed by atoms with Crippen molar-refractivity contribution in [1.82, 2.24) is 9.88 Å². The van der Waals surface area contributed by atoms with Gasteiger partial charge < -0.3 is 15.7 Å². The lowest BCUT2D eigenvalue weighted by Crippen LogP contribution is -2.30. The number of nitrogens with two attached hydrogens (primary N) is 1. The maximum absolute atomic E-state index is 12.0. The average molecular weight is 258 g/mol. The van der Waals surface area contributed by atoms with E-state index in [0.29, 0.717) is 24.2 Å². The molecule has 0 fully saturated rings. The summed E-state index contributed by atoms with van der Waals surface area (Å²) >= 11 is 5.72. The summed E-state index contributed by atoms with van der Waals surface area (Å²) in [7, 11) is 1.65. The number of hydrogen-bond donors (Lipinski definition) is 2. The van der Waals surface area contributed by atoms with Gasteiger partial charge in [0.1, 0.15) is 5.15 Å². The lowest BCUT2D eigenvalue weighted by atomic mass is 10.2. The largest absolute Gasteiger partial charge is 0.397 e. The first-order valence-electron chi connectivity index (χ1n) is 5.26. The number of pyridine rings is 1. The van der Waals surface area contributed by atoms with Gasteiger partial charge in [0.2, 0.25) is 0 Å². The second-order valence-electron chi connectivity index (χ2n) is 3.96. The Hall–Kier alpha value is -1.33. The molecule has 1 aromatic rings. The van der Waals surface area contributed by atoms with Gasteiger partial charge in [-0.05, 0) is 19.4 Å². The Morgan fingerprint density at radius 2 is 2.35 bits per heavy atom. The van der Waals surface area contributed by atoms with E-state index in [-0.39, 0.29) is 11.1 Å². The number of rotatable bonds is 4. The maximum atomic E-state index is 12.0. The first kappa shape index (κ1) is 13.7. The second kappa shape index (κ2) is 5.84. The lowest BCUT2D eigenvalue weighted by Gasteiger charge is -2.18. The molecule has 5 nitrogen and oxygen atoms in total. The van der Waals surface area contributed by atoms with E-state index >= 15 is 0 Å². The zero-order valence-electron chi connectivity index (χ0n) is 9.85. The summed E-state index contributed by atoms with van der Waals surface area (Å²) in [4.78, 5) is 17.3. The van der Waals surface area contributed by atoms with Crippen LogP contribution in [0.5, 0.6) is 0 Å². The van der Waals surface area contributed by atoms with Crippen molar-refractivity contribution in [2.75, 3.05) is 19.3 Å². The molecule has 0 saturated carbocycles. The van der Waals surface area contributed by atoms with Gasteiger partial charge >= 0.3 is 0 Å². The Morgan fingerprint density at radius 3 is 2.94 bits per heavy atom. The highest BCUT2D eigenvalue weighted by Gasteiger charge is 2.15. The monoisotopic (exact) mass is 257 g/mol. The van der Waals surface area contributed by atoms with Crippen LogP contribution in [0.25, 0.3) is 0 Å². The highest BCUT2D eigenvalue weighted by molar-refractivity contribution is 6.29. The van der Waals surface area contributed by atoms with Crippen molar-refractivity contribution in [3.63, 3.8) is 0 Å². The summed E-state index contributed by atoms with van der Waals surface area (Å²) in [6.07, 6.45) is 1.43. The van der Waals surface area contributed by atoms with Crippen molar-refractivity contribution in [2.24, 2.45) is 0 Å². The third-order valence-electron chi connectivity index (χ3n) is 2.36. The van der Waals surface area contributed by atoms with E-state index in [0.717, 1.165) is 0 Å². The topological polar surface area (TPSA) is 79.5 Å². The fourth-order valence-corrected chi connectivity index (χ4v) is 1.47. The lowest BCUT2D eigenvalue weighted by molar-refractivity contribution is 0.0770. The highest BCUT2D eigenvalue weighted by atomic mass is 35.5. The number of aromatic nitrogens is 1. The van der Waals surface area contributed by atoms with E-state index in [9.17, 15) is 4.79 Å². The van der Waals surface area contributed by atoms with Gasteiger partial charge in [-0.3, -0.25) is 4.79 Å². The minimum Gasteiger partial charge on any atom is -0.397 e. The standard InChI is InChI=1S/C11H16ClN3O2/c1-7(16)3-4-15(2)11(17)8-5-10(12)14-6-9(8)13/h5-7,16H,3-4,13H2,1-2H3. The van der Waals surface area contributed by atoms with Crippen molar-refractivity contribution in [3.8, 4) is 0 Å². The van der Waals surface area contributed by atoms with Gasteiger partial charge in [0.15, 0.2) is 0 Å². The minimum atomic E-state index is -0.441. The van der Waals surface area contributed by atoms with Gasteiger partial charge in [0, 0.05) is 13.6 Å². The zero-order chi connectivity index (χ0) is 13.0. The van der Waals surface area contributed by atoms with Gasteiger partial charge in [-0.2, -0.15) is 0 Å². The SMILES string of the molecule is CC(O)CCN(C)C(=O)c1cc(Cl)ncc1N. The number of carbonyl (C=O) groups excluding carboxylic acids is 1. The van der Waals surface area contributed by atoms with Crippen molar-refractivity contribution >= 4 is 23.2 Å². The smallest absolute Gasteiger partial charge is 0.255 e. The molecule has 0 aliphatic rings. The molecule has 3 N–H and O–H groups in total. The number of halogens is 1. The fourth-order valence-electron chi connectivity index (χ4n) is 1.31. The summed E-state index contributed by atoms with van der Waals surface area (Å²) in [6.45, 7) is 2.13. The number of amides is 1. The van der Waals surface area contributed by atoms with Crippen LogP contribution in [0.2, 0.25) is 5.15 Å². The predicted octanol–water partition coefficient (Wildman–Crippen LogP) is 1.16. The second-order valence-corrected chi connectivity index (χ2v) is 4.35. The number of aliphatic hydroxyl groups is 1. The molecule has 0 bridgehead atoms. The Balaban J connectivity index is 2.78. The molecule has 1 rings (SSSR count). The summed E-state index contributed by atoms with van der Waals surface area (Å²) in [6, 6.07) is 1.44. The Bertz CT molecular complexity index is 410. The third-order valence-corrected chi connectivity index (χ3v) is 2.57. The van der Waals surface area contributed by atoms with Gasteiger partial charge in [-0.25, -0.2) is 4.98 Å².